The molecule has 0 bridgehead atoms. The first-order chi connectivity index (χ1) is 8.61. The lowest BCUT2D eigenvalue weighted by Crippen LogP contribution is -2.44. The lowest BCUT2D eigenvalue weighted by Gasteiger charge is -2.18. The minimum atomic E-state index is -5.99. The van der Waals surface area contributed by atoms with Crippen LogP contribution in [0, 0.1) is 0 Å². The molecule has 0 saturated heterocycles. The standard InChI is InChI=1S/C11H7F5O3/c1-19-9(18)7-4-2-3-6(5-7)8(17)10(12,13)11(14,15)16/h2-5H,1H3. The number of methoxy groups -OCH3 is 1. The fraction of sp³-hybridized carbons (Fsp3) is 0.273. The zero-order valence-electron chi connectivity index (χ0n) is 9.42. The highest BCUT2D eigenvalue weighted by Crippen LogP contribution is 2.38. The Hall–Kier alpha value is -1.99. The van der Waals surface area contributed by atoms with Crippen molar-refractivity contribution in [3.63, 3.8) is 0 Å². The molecule has 0 unspecified atom stereocenters. The number of alkyl halides is 5. The maximum atomic E-state index is 12.8. The number of carbonyl (C=O) groups excluding carboxylic acids is 2. The SMILES string of the molecule is COC(=O)c1cccc(C(=O)C(F)(F)C(F)(F)F)c1. The molecule has 0 radical (unpaired) electrons. The van der Waals surface area contributed by atoms with Crippen molar-refractivity contribution < 1.29 is 36.3 Å². The number of halogens is 5. The third-order valence-corrected chi connectivity index (χ3v) is 2.19. The van der Waals surface area contributed by atoms with Gasteiger partial charge in [-0.3, -0.25) is 4.79 Å². The molecule has 0 fully saturated rings. The minimum absolute atomic E-state index is 0.300. The summed E-state index contributed by atoms with van der Waals surface area (Å²) < 4.78 is 66.0. The molecule has 3 nitrogen and oxygen atoms in total. The maximum Gasteiger partial charge on any atom is 0.461 e. The topological polar surface area (TPSA) is 43.4 Å². The quantitative estimate of drug-likeness (QED) is 0.486. The molecule has 0 saturated carbocycles. The molecule has 19 heavy (non-hydrogen) atoms. The van der Waals surface area contributed by atoms with Gasteiger partial charge in [-0.25, -0.2) is 4.79 Å². The predicted octanol–water partition coefficient (Wildman–Crippen LogP) is 2.85. The molecule has 0 amide bonds. The first-order valence-corrected chi connectivity index (χ1v) is 4.79. The molecule has 8 heteroatoms. The van der Waals surface area contributed by atoms with Crippen LogP contribution in [0.4, 0.5) is 22.0 Å². The van der Waals surface area contributed by atoms with Gasteiger partial charge in [0, 0.05) is 5.56 Å². The predicted molar refractivity (Wildman–Crippen MR) is 53.1 cm³/mol. The molecule has 0 aliphatic rings. The van der Waals surface area contributed by atoms with E-state index in [0.29, 0.717) is 6.07 Å². The molecule has 0 spiro atoms. The van der Waals surface area contributed by atoms with Crippen LogP contribution in [0.2, 0.25) is 0 Å². The summed E-state index contributed by atoms with van der Waals surface area (Å²) >= 11 is 0. The average molecular weight is 282 g/mol. The van der Waals surface area contributed by atoms with Crippen LogP contribution in [0.1, 0.15) is 20.7 Å². The van der Waals surface area contributed by atoms with Gasteiger partial charge in [0.1, 0.15) is 0 Å². The van der Waals surface area contributed by atoms with Crippen molar-refractivity contribution in [1.29, 1.82) is 0 Å². The second-order valence-corrected chi connectivity index (χ2v) is 3.47. The molecule has 0 N–H and O–H groups in total. The second-order valence-electron chi connectivity index (χ2n) is 3.47. The number of ketones is 1. The first kappa shape index (κ1) is 15.1. The van der Waals surface area contributed by atoms with Gasteiger partial charge in [0.2, 0.25) is 5.78 Å². The van der Waals surface area contributed by atoms with Gasteiger partial charge in [0.15, 0.2) is 0 Å². The molecule has 104 valence electrons. The van der Waals surface area contributed by atoms with E-state index in [-0.39, 0.29) is 5.56 Å². The van der Waals surface area contributed by atoms with Gasteiger partial charge in [-0.2, -0.15) is 22.0 Å². The lowest BCUT2D eigenvalue weighted by molar-refractivity contribution is -0.255. The molecule has 0 aliphatic carbocycles. The number of ether oxygens (including phenoxy) is 1. The van der Waals surface area contributed by atoms with Gasteiger partial charge in [-0.15, -0.1) is 0 Å². The molecule has 0 atom stereocenters. The monoisotopic (exact) mass is 282 g/mol. The van der Waals surface area contributed by atoms with E-state index in [2.05, 4.69) is 4.74 Å². The van der Waals surface area contributed by atoms with Gasteiger partial charge >= 0.3 is 18.1 Å². The summed E-state index contributed by atoms with van der Waals surface area (Å²) in [5.74, 6) is -8.89. The molecule has 1 aromatic rings. The van der Waals surface area contributed by atoms with Gasteiger partial charge in [-0.05, 0) is 12.1 Å². The fourth-order valence-corrected chi connectivity index (χ4v) is 1.22. The number of rotatable bonds is 3. The molecular weight excluding hydrogens is 275 g/mol. The number of hydrogen-bond donors (Lipinski definition) is 0. The fourth-order valence-electron chi connectivity index (χ4n) is 1.22. The van der Waals surface area contributed by atoms with Gasteiger partial charge in [-0.1, -0.05) is 12.1 Å². The second kappa shape index (κ2) is 4.94. The first-order valence-electron chi connectivity index (χ1n) is 4.79. The highest BCUT2D eigenvalue weighted by molar-refractivity contribution is 6.03. The van der Waals surface area contributed by atoms with Crippen molar-refractivity contribution in [2.45, 2.75) is 12.1 Å². The summed E-state index contributed by atoms with van der Waals surface area (Å²) in [5, 5.41) is 0. The van der Waals surface area contributed by atoms with E-state index in [1.807, 2.05) is 0 Å². The maximum absolute atomic E-state index is 12.8. The highest BCUT2D eigenvalue weighted by Gasteiger charge is 2.63. The highest BCUT2D eigenvalue weighted by atomic mass is 19.4. The van der Waals surface area contributed by atoms with Gasteiger partial charge < -0.3 is 4.74 Å². The Kier molecular flexibility index (Phi) is 3.92. The van der Waals surface area contributed by atoms with Crippen LogP contribution in [0.5, 0.6) is 0 Å². The smallest absolute Gasteiger partial charge is 0.461 e. The van der Waals surface area contributed by atoms with E-state index >= 15 is 0 Å². The molecular formula is C11H7F5O3. The summed E-state index contributed by atoms with van der Waals surface area (Å²) in [4.78, 5) is 22.2. The normalized spacial score (nSPS) is 12.1. The Morgan fingerprint density at radius 1 is 1.05 bits per heavy atom. The van der Waals surface area contributed by atoms with Crippen molar-refractivity contribution in [2.24, 2.45) is 0 Å². The van der Waals surface area contributed by atoms with Crippen LogP contribution >= 0.6 is 0 Å². The molecule has 0 aliphatic heterocycles. The van der Waals surface area contributed by atoms with Gasteiger partial charge in [0.25, 0.3) is 0 Å². The van der Waals surface area contributed by atoms with Crippen molar-refractivity contribution in [2.75, 3.05) is 7.11 Å². The molecule has 1 rings (SSSR count). The van der Waals surface area contributed by atoms with Crippen LogP contribution < -0.4 is 0 Å². The van der Waals surface area contributed by atoms with Crippen molar-refractivity contribution in [1.82, 2.24) is 0 Å². The van der Waals surface area contributed by atoms with E-state index in [1.54, 1.807) is 0 Å². The average Bonchev–Trinajstić information content (AvgIpc) is 2.35. The van der Waals surface area contributed by atoms with Crippen molar-refractivity contribution >= 4 is 11.8 Å². The summed E-state index contributed by atoms with van der Waals surface area (Å²) in [6.45, 7) is 0. The van der Waals surface area contributed by atoms with Crippen LogP contribution in [0.15, 0.2) is 24.3 Å². The van der Waals surface area contributed by atoms with Crippen LogP contribution in [0.25, 0.3) is 0 Å². The summed E-state index contributed by atoms with van der Waals surface area (Å²) in [5.41, 5.74) is -1.23. The Bertz CT molecular complexity index is 507. The van der Waals surface area contributed by atoms with Crippen LogP contribution in [0.3, 0.4) is 0 Å². The number of benzene rings is 1. The van der Waals surface area contributed by atoms with Crippen LogP contribution in [-0.2, 0) is 4.74 Å². The third-order valence-electron chi connectivity index (χ3n) is 2.19. The van der Waals surface area contributed by atoms with E-state index in [0.717, 1.165) is 25.3 Å². The Balaban J connectivity index is 3.18. The number of hydrogen-bond acceptors (Lipinski definition) is 3. The number of Topliss-reactive ketones (excluding diaryl/α,β-unsaturated/α-hetero) is 1. The Morgan fingerprint density at radius 3 is 2.05 bits per heavy atom. The number of carbonyl (C=O) groups is 2. The molecule has 1 aromatic carbocycles. The molecule has 0 aromatic heterocycles. The summed E-state index contributed by atoms with van der Waals surface area (Å²) in [6.07, 6.45) is -5.99. The lowest BCUT2D eigenvalue weighted by atomic mass is 10.0. The Labute approximate surface area is 104 Å². The van der Waals surface area contributed by atoms with Gasteiger partial charge in [0.05, 0.1) is 12.7 Å². The molecule has 0 heterocycles. The van der Waals surface area contributed by atoms with E-state index in [9.17, 15) is 31.5 Å². The summed E-state index contributed by atoms with van der Waals surface area (Å²) in [6, 6.07) is 3.50. The minimum Gasteiger partial charge on any atom is -0.465 e. The van der Waals surface area contributed by atoms with E-state index in [1.165, 1.54) is 0 Å². The van der Waals surface area contributed by atoms with Crippen molar-refractivity contribution in [3.8, 4) is 0 Å². The zero-order chi connectivity index (χ0) is 14.8. The van der Waals surface area contributed by atoms with E-state index in [4.69, 9.17) is 0 Å². The Morgan fingerprint density at radius 2 is 1.58 bits per heavy atom. The zero-order valence-corrected chi connectivity index (χ0v) is 9.42. The largest absolute Gasteiger partial charge is 0.465 e. The summed E-state index contributed by atoms with van der Waals surface area (Å²) in [7, 11) is 1.00. The third kappa shape index (κ3) is 2.88. The van der Waals surface area contributed by atoms with Crippen LogP contribution in [-0.4, -0.2) is 31.0 Å². The number of esters is 1. The van der Waals surface area contributed by atoms with E-state index < -0.39 is 29.4 Å². The van der Waals surface area contributed by atoms with Crippen molar-refractivity contribution in [3.05, 3.63) is 35.4 Å².